The van der Waals surface area contributed by atoms with Crippen molar-refractivity contribution in [2.75, 3.05) is 0 Å². The highest BCUT2D eigenvalue weighted by atomic mass is 16.3. The smallest absolute Gasteiger partial charge is 0.105 e. The van der Waals surface area contributed by atoms with E-state index in [0.717, 1.165) is 18.1 Å². The molecule has 1 aliphatic rings. The van der Waals surface area contributed by atoms with Crippen LogP contribution in [0.5, 0.6) is 0 Å². The quantitative estimate of drug-likeness (QED) is 0.870. The number of hydrogen-bond acceptors (Lipinski definition) is 2. The molecule has 2 heteroatoms. The minimum absolute atomic E-state index is 0.477. The molecule has 0 aromatic carbocycles. The van der Waals surface area contributed by atoms with Gasteiger partial charge in [-0.15, -0.1) is 0 Å². The highest BCUT2D eigenvalue weighted by Crippen LogP contribution is 2.37. The third kappa shape index (κ3) is 4.38. The summed E-state index contributed by atoms with van der Waals surface area (Å²) in [4.78, 5) is 0. The van der Waals surface area contributed by atoms with Crippen molar-refractivity contribution in [1.29, 1.82) is 0 Å². The SMILES string of the molecule is CC(Cc1ccco1)NC1CCC(C(C)(C)C)CC1. The lowest BCUT2D eigenvalue weighted by atomic mass is 9.71. The van der Waals surface area contributed by atoms with Crippen molar-refractivity contribution in [1.82, 2.24) is 5.32 Å². The molecule has 2 nitrogen and oxygen atoms in total. The Hall–Kier alpha value is -0.760. The van der Waals surface area contributed by atoms with E-state index in [1.165, 1.54) is 25.7 Å². The van der Waals surface area contributed by atoms with E-state index in [0.29, 0.717) is 17.5 Å². The molecule has 1 N–H and O–H groups in total. The zero-order valence-electron chi connectivity index (χ0n) is 12.9. The molecular weight excluding hydrogens is 234 g/mol. The first-order valence-corrected chi connectivity index (χ1v) is 7.73. The number of rotatable bonds is 4. The molecule has 0 spiro atoms. The molecule has 108 valence electrons. The maximum atomic E-state index is 5.42. The van der Waals surface area contributed by atoms with Crippen molar-refractivity contribution in [3.05, 3.63) is 24.2 Å². The first-order valence-electron chi connectivity index (χ1n) is 7.73. The third-order valence-corrected chi connectivity index (χ3v) is 4.56. The van der Waals surface area contributed by atoms with Crippen LogP contribution >= 0.6 is 0 Å². The molecular formula is C17H29NO. The summed E-state index contributed by atoms with van der Waals surface area (Å²) >= 11 is 0. The lowest BCUT2D eigenvalue weighted by Gasteiger charge is -2.38. The standard InChI is InChI=1S/C17H29NO/c1-13(12-16-6-5-11-19-16)18-15-9-7-14(8-10-15)17(2,3)4/h5-6,11,13-15,18H,7-10,12H2,1-4H3. The number of nitrogens with one attached hydrogen (secondary N) is 1. The summed E-state index contributed by atoms with van der Waals surface area (Å²) in [5.74, 6) is 1.98. The van der Waals surface area contributed by atoms with Gasteiger partial charge < -0.3 is 9.73 Å². The Bertz CT molecular complexity index is 355. The summed E-state index contributed by atoms with van der Waals surface area (Å²) in [5.41, 5.74) is 0.477. The highest BCUT2D eigenvalue weighted by Gasteiger charge is 2.29. The normalized spacial score (nSPS) is 26.3. The second kappa shape index (κ2) is 6.13. The van der Waals surface area contributed by atoms with Gasteiger partial charge in [-0.25, -0.2) is 0 Å². The average Bonchev–Trinajstić information content (AvgIpc) is 2.81. The van der Waals surface area contributed by atoms with Gasteiger partial charge >= 0.3 is 0 Å². The van der Waals surface area contributed by atoms with Crippen LogP contribution in [-0.4, -0.2) is 12.1 Å². The Morgan fingerprint density at radius 2 is 1.95 bits per heavy atom. The summed E-state index contributed by atoms with van der Waals surface area (Å²) < 4.78 is 5.42. The van der Waals surface area contributed by atoms with Gasteiger partial charge in [0.1, 0.15) is 5.76 Å². The van der Waals surface area contributed by atoms with Gasteiger partial charge in [0.25, 0.3) is 0 Å². The summed E-state index contributed by atoms with van der Waals surface area (Å²) in [7, 11) is 0. The Balaban J connectivity index is 1.73. The molecule has 1 atom stereocenters. The minimum Gasteiger partial charge on any atom is -0.469 e. The topological polar surface area (TPSA) is 25.2 Å². The van der Waals surface area contributed by atoms with E-state index in [-0.39, 0.29) is 0 Å². The molecule has 19 heavy (non-hydrogen) atoms. The van der Waals surface area contributed by atoms with Crippen LogP contribution in [0.1, 0.15) is 59.1 Å². The van der Waals surface area contributed by atoms with Gasteiger partial charge in [-0.2, -0.15) is 0 Å². The maximum absolute atomic E-state index is 5.42. The molecule has 1 aromatic heterocycles. The minimum atomic E-state index is 0.477. The van der Waals surface area contributed by atoms with Crippen LogP contribution in [-0.2, 0) is 6.42 Å². The molecule has 1 aromatic rings. The summed E-state index contributed by atoms with van der Waals surface area (Å²) in [6.45, 7) is 9.40. The van der Waals surface area contributed by atoms with Crippen LogP contribution < -0.4 is 5.32 Å². The van der Waals surface area contributed by atoms with Crippen molar-refractivity contribution < 1.29 is 4.42 Å². The van der Waals surface area contributed by atoms with Gasteiger partial charge in [0.15, 0.2) is 0 Å². The summed E-state index contributed by atoms with van der Waals surface area (Å²) in [6, 6.07) is 5.23. The van der Waals surface area contributed by atoms with Crippen molar-refractivity contribution in [2.45, 2.75) is 71.9 Å². The Labute approximate surface area is 118 Å². The van der Waals surface area contributed by atoms with Crippen LogP contribution in [0.2, 0.25) is 0 Å². The molecule has 0 bridgehead atoms. The van der Waals surface area contributed by atoms with E-state index in [2.05, 4.69) is 39.1 Å². The molecule has 1 fully saturated rings. The monoisotopic (exact) mass is 263 g/mol. The van der Waals surface area contributed by atoms with Gasteiger partial charge in [0.05, 0.1) is 6.26 Å². The fourth-order valence-electron chi connectivity index (χ4n) is 3.32. The Kier molecular flexibility index (Phi) is 4.72. The van der Waals surface area contributed by atoms with Crippen molar-refractivity contribution in [2.24, 2.45) is 11.3 Å². The van der Waals surface area contributed by atoms with Crippen LogP contribution in [0.15, 0.2) is 22.8 Å². The third-order valence-electron chi connectivity index (χ3n) is 4.56. The molecule has 2 rings (SSSR count). The molecule has 1 unspecified atom stereocenters. The second-order valence-electron chi connectivity index (χ2n) is 7.27. The van der Waals surface area contributed by atoms with Crippen LogP contribution in [0.3, 0.4) is 0 Å². The van der Waals surface area contributed by atoms with Gasteiger partial charge in [0, 0.05) is 18.5 Å². The van der Waals surface area contributed by atoms with Crippen LogP contribution in [0.4, 0.5) is 0 Å². The Morgan fingerprint density at radius 1 is 1.26 bits per heavy atom. The zero-order valence-corrected chi connectivity index (χ0v) is 12.9. The lowest BCUT2D eigenvalue weighted by molar-refractivity contribution is 0.156. The second-order valence-corrected chi connectivity index (χ2v) is 7.27. The molecule has 0 amide bonds. The van der Waals surface area contributed by atoms with Crippen LogP contribution in [0, 0.1) is 11.3 Å². The molecule has 1 saturated carbocycles. The van der Waals surface area contributed by atoms with Gasteiger partial charge in [-0.3, -0.25) is 0 Å². The van der Waals surface area contributed by atoms with Crippen LogP contribution in [0.25, 0.3) is 0 Å². The lowest BCUT2D eigenvalue weighted by Crippen LogP contribution is -2.41. The Morgan fingerprint density at radius 3 is 2.47 bits per heavy atom. The van der Waals surface area contributed by atoms with Crippen molar-refractivity contribution >= 4 is 0 Å². The molecule has 0 radical (unpaired) electrons. The molecule has 1 aliphatic carbocycles. The van der Waals surface area contributed by atoms with Gasteiger partial charge in [0.2, 0.25) is 0 Å². The van der Waals surface area contributed by atoms with E-state index in [1.807, 2.05) is 6.07 Å². The van der Waals surface area contributed by atoms with Crippen molar-refractivity contribution in [3.63, 3.8) is 0 Å². The fraction of sp³-hybridized carbons (Fsp3) is 0.765. The highest BCUT2D eigenvalue weighted by molar-refractivity contribution is 5.00. The van der Waals surface area contributed by atoms with E-state index in [1.54, 1.807) is 6.26 Å². The van der Waals surface area contributed by atoms with Gasteiger partial charge in [-0.1, -0.05) is 20.8 Å². The average molecular weight is 263 g/mol. The summed E-state index contributed by atoms with van der Waals surface area (Å²) in [5, 5.41) is 3.77. The number of furan rings is 1. The van der Waals surface area contributed by atoms with E-state index < -0.39 is 0 Å². The van der Waals surface area contributed by atoms with Crippen molar-refractivity contribution in [3.8, 4) is 0 Å². The largest absolute Gasteiger partial charge is 0.469 e. The first kappa shape index (κ1) is 14.6. The predicted octanol–water partition coefficient (Wildman–Crippen LogP) is 4.41. The first-order chi connectivity index (χ1) is 8.95. The van der Waals surface area contributed by atoms with E-state index in [4.69, 9.17) is 4.42 Å². The predicted molar refractivity (Wildman–Crippen MR) is 80.2 cm³/mol. The maximum Gasteiger partial charge on any atom is 0.105 e. The van der Waals surface area contributed by atoms with E-state index >= 15 is 0 Å². The van der Waals surface area contributed by atoms with E-state index in [9.17, 15) is 0 Å². The molecule has 1 heterocycles. The molecule has 0 saturated heterocycles. The van der Waals surface area contributed by atoms with Gasteiger partial charge in [-0.05, 0) is 56.1 Å². The summed E-state index contributed by atoms with van der Waals surface area (Å²) in [6.07, 6.45) is 8.14. The molecule has 0 aliphatic heterocycles. The number of hydrogen-bond donors (Lipinski definition) is 1. The fourth-order valence-corrected chi connectivity index (χ4v) is 3.32. The zero-order chi connectivity index (χ0) is 13.9.